The molecule has 1 heterocycles. The highest BCUT2D eigenvalue weighted by Crippen LogP contribution is 2.32. The van der Waals surface area contributed by atoms with Crippen LogP contribution in [0.4, 0.5) is 9.18 Å². The number of hydrogen-bond acceptors (Lipinski definition) is 5. The lowest BCUT2D eigenvalue weighted by atomic mass is 9.82. The number of amides is 4. The summed E-state index contributed by atoms with van der Waals surface area (Å²) in [4.78, 5) is 48.2. The summed E-state index contributed by atoms with van der Waals surface area (Å²) in [6.07, 6.45) is 3.66. The fourth-order valence-electron chi connectivity index (χ4n) is 3.21. The molecule has 0 aromatic heterocycles. The number of imide groups is 1. The first-order valence-corrected chi connectivity index (χ1v) is 8.31. The van der Waals surface area contributed by atoms with Crippen molar-refractivity contribution in [2.24, 2.45) is 0 Å². The molecule has 1 aromatic rings. The molecule has 2 N–H and O–H groups in total. The maximum atomic E-state index is 13.5. The summed E-state index contributed by atoms with van der Waals surface area (Å²) in [6.45, 7) is -0.753. The molecule has 3 rings (SSSR count). The highest BCUT2D eigenvalue weighted by Gasteiger charge is 2.52. The van der Waals surface area contributed by atoms with Crippen LogP contribution in [0.2, 0.25) is 0 Å². The highest BCUT2D eigenvalue weighted by molar-refractivity contribution is 6.08. The number of nitrogens with zero attached hydrogens (tertiary/aromatic N) is 1. The van der Waals surface area contributed by atoms with Crippen molar-refractivity contribution in [2.45, 2.75) is 37.6 Å². The highest BCUT2D eigenvalue weighted by atomic mass is 19.1. The summed E-state index contributed by atoms with van der Waals surface area (Å²) < 4.78 is 18.2. The molecule has 0 atom stereocenters. The van der Waals surface area contributed by atoms with E-state index in [1.807, 2.05) is 0 Å². The van der Waals surface area contributed by atoms with Gasteiger partial charge in [-0.3, -0.25) is 15.0 Å². The summed E-state index contributed by atoms with van der Waals surface area (Å²) >= 11 is 0. The maximum absolute atomic E-state index is 13.5. The van der Waals surface area contributed by atoms with E-state index in [0.29, 0.717) is 17.9 Å². The number of esters is 1. The van der Waals surface area contributed by atoms with Gasteiger partial charge >= 0.3 is 12.0 Å². The van der Waals surface area contributed by atoms with E-state index in [4.69, 9.17) is 4.74 Å². The van der Waals surface area contributed by atoms with E-state index in [1.54, 1.807) is 0 Å². The molecule has 26 heavy (non-hydrogen) atoms. The summed E-state index contributed by atoms with van der Waals surface area (Å²) in [7, 11) is 0. The average Bonchev–Trinajstić information content (AvgIpc) is 2.85. The predicted molar refractivity (Wildman–Crippen MR) is 86.0 cm³/mol. The van der Waals surface area contributed by atoms with Gasteiger partial charge in [0.1, 0.15) is 11.4 Å². The Morgan fingerprint density at radius 1 is 1.19 bits per heavy atom. The third-order valence-corrected chi connectivity index (χ3v) is 4.53. The minimum absolute atomic E-state index is 0.309. The second kappa shape index (κ2) is 7.11. The molecule has 1 saturated heterocycles. The predicted octanol–water partition coefficient (Wildman–Crippen LogP) is 1.27. The van der Waals surface area contributed by atoms with E-state index in [-0.39, 0.29) is 5.56 Å². The van der Waals surface area contributed by atoms with Gasteiger partial charge < -0.3 is 10.1 Å². The zero-order chi connectivity index (χ0) is 18.7. The third-order valence-electron chi connectivity index (χ3n) is 4.53. The number of hydrazine groups is 1. The molecule has 8 nitrogen and oxygen atoms in total. The van der Waals surface area contributed by atoms with Crippen molar-refractivity contribution in [2.75, 3.05) is 6.61 Å². The Bertz CT molecular complexity index is 761. The molecule has 0 radical (unpaired) electrons. The van der Waals surface area contributed by atoms with Gasteiger partial charge in [0.15, 0.2) is 6.61 Å². The lowest BCUT2D eigenvalue weighted by molar-refractivity contribution is -0.140. The average molecular weight is 363 g/mol. The molecule has 1 aromatic carbocycles. The van der Waals surface area contributed by atoms with Crippen LogP contribution < -0.4 is 10.7 Å². The molecule has 0 bridgehead atoms. The molecular weight excluding hydrogens is 345 g/mol. The van der Waals surface area contributed by atoms with Crippen molar-refractivity contribution in [1.82, 2.24) is 15.8 Å². The summed E-state index contributed by atoms with van der Waals surface area (Å²) in [6, 6.07) is 4.47. The Morgan fingerprint density at radius 3 is 2.58 bits per heavy atom. The van der Waals surface area contributed by atoms with Crippen LogP contribution in [-0.2, 0) is 14.3 Å². The van der Waals surface area contributed by atoms with Gasteiger partial charge in [-0.1, -0.05) is 31.4 Å². The lowest BCUT2D eigenvalue weighted by Gasteiger charge is -2.30. The zero-order valence-corrected chi connectivity index (χ0v) is 13.9. The van der Waals surface area contributed by atoms with E-state index in [9.17, 15) is 23.6 Å². The minimum Gasteiger partial charge on any atom is -0.452 e. The van der Waals surface area contributed by atoms with Gasteiger partial charge in [-0.15, -0.1) is 0 Å². The van der Waals surface area contributed by atoms with Crippen LogP contribution in [0.15, 0.2) is 24.3 Å². The monoisotopic (exact) mass is 363 g/mol. The molecule has 1 spiro atoms. The first-order chi connectivity index (χ1) is 12.4. The smallest absolute Gasteiger partial charge is 0.344 e. The first kappa shape index (κ1) is 17.8. The molecule has 1 aliphatic heterocycles. The van der Waals surface area contributed by atoms with Crippen molar-refractivity contribution in [1.29, 1.82) is 0 Å². The van der Waals surface area contributed by atoms with Gasteiger partial charge in [-0.2, -0.15) is 5.01 Å². The van der Waals surface area contributed by atoms with Crippen molar-refractivity contribution in [3.63, 3.8) is 0 Å². The van der Waals surface area contributed by atoms with Gasteiger partial charge in [-0.05, 0) is 25.0 Å². The molecule has 2 aliphatic rings. The molecule has 2 fully saturated rings. The summed E-state index contributed by atoms with van der Waals surface area (Å²) in [5.74, 6) is -3.17. The van der Waals surface area contributed by atoms with Crippen LogP contribution in [0, 0.1) is 5.82 Å². The van der Waals surface area contributed by atoms with Gasteiger partial charge in [0.05, 0.1) is 5.56 Å². The fraction of sp³-hybridized carbons (Fsp3) is 0.412. The standard InChI is InChI=1S/C17H18FN3O5/c18-12-7-3-2-6-11(12)14(23)26-10-13(22)20-21-15(24)17(19-16(21)25)8-4-1-5-9-17/h2-3,6-7H,1,4-5,8-10H2,(H,19,25)(H,20,22). The van der Waals surface area contributed by atoms with Crippen molar-refractivity contribution >= 4 is 23.8 Å². The van der Waals surface area contributed by atoms with Crippen molar-refractivity contribution in [3.05, 3.63) is 35.6 Å². The molecule has 4 amide bonds. The molecule has 0 unspecified atom stereocenters. The normalized spacial score (nSPS) is 18.6. The Morgan fingerprint density at radius 2 is 1.88 bits per heavy atom. The number of halogens is 1. The Kier molecular flexibility index (Phi) is 4.88. The van der Waals surface area contributed by atoms with Gasteiger partial charge in [-0.25, -0.2) is 14.0 Å². The van der Waals surface area contributed by atoms with Crippen LogP contribution in [0.25, 0.3) is 0 Å². The third kappa shape index (κ3) is 3.37. The van der Waals surface area contributed by atoms with Crippen molar-refractivity contribution in [3.8, 4) is 0 Å². The topological polar surface area (TPSA) is 105 Å². The Balaban J connectivity index is 1.56. The molecular formula is C17H18FN3O5. The first-order valence-electron chi connectivity index (χ1n) is 8.31. The molecule has 1 saturated carbocycles. The number of urea groups is 1. The zero-order valence-electron chi connectivity index (χ0n) is 13.9. The number of rotatable bonds is 4. The number of benzene rings is 1. The van der Waals surface area contributed by atoms with Crippen molar-refractivity contribution < 1.29 is 28.3 Å². The van der Waals surface area contributed by atoms with E-state index in [2.05, 4.69) is 10.7 Å². The van der Waals surface area contributed by atoms with Crippen LogP contribution in [0.1, 0.15) is 42.5 Å². The van der Waals surface area contributed by atoms with E-state index >= 15 is 0 Å². The van der Waals surface area contributed by atoms with Gasteiger partial charge in [0, 0.05) is 0 Å². The number of hydrogen-bond donors (Lipinski definition) is 2. The molecule has 138 valence electrons. The second-order valence-corrected chi connectivity index (χ2v) is 6.30. The summed E-state index contributed by atoms with van der Waals surface area (Å²) in [5.41, 5.74) is 0.859. The number of ether oxygens (including phenoxy) is 1. The minimum atomic E-state index is -1.01. The Hall–Kier alpha value is -2.97. The van der Waals surface area contributed by atoms with Crippen LogP contribution >= 0.6 is 0 Å². The second-order valence-electron chi connectivity index (χ2n) is 6.30. The number of carbonyl (C=O) groups is 4. The van der Waals surface area contributed by atoms with E-state index < -0.39 is 41.8 Å². The summed E-state index contributed by atoms with van der Waals surface area (Å²) in [5, 5.41) is 3.25. The van der Waals surface area contributed by atoms with E-state index in [0.717, 1.165) is 25.3 Å². The van der Waals surface area contributed by atoms with E-state index in [1.165, 1.54) is 18.2 Å². The fourth-order valence-corrected chi connectivity index (χ4v) is 3.21. The van der Waals surface area contributed by atoms with Gasteiger partial charge in [0.25, 0.3) is 11.8 Å². The van der Waals surface area contributed by atoms with Crippen LogP contribution in [0.3, 0.4) is 0 Å². The SMILES string of the molecule is O=C(COC(=O)c1ccccc1F)NN1C(=O)NC2(CCCCC2)C1=O. The molecule has 1 aliphatic carbocycles. The van der Waals surface area contributed by atoms with Crippen LogP contribution in [-0.4, -0.2) is 41.0 Å². The number of nitrogens with one attached hydrogen (secondary N) is 2. The molecule has 9 heteroatoms. The van der Waals surface area contributed by atoms with Gasteiger partial charge in [0.2, 0.25) is 0 Å². The maximum Gasteiger partial charge on any atom is 0.344 e. The number of carbonyl (C=O) groups excluding carboxylic acids is 4. The Labute approximate surface area is 148 Å². The largest absolute Gasteiger partial charge is 0.452 e. The quantitative estimate of drug-likeness (QED) is 0.619. The van der Waals surface area contributed by atoms with Crippen LogP contribution in [0.5, 0.6) is 0 Å². The lowest BCUT2D eigenvalue weighted by Crippen LogP contribution is -2.51.